The Balaban J connectivity index is 1.94. The summed E-state index contributed by atoms with van der Waals surface area (Å²) in [5, 5.41) is 9.86. The molecule has 1 heterocycles. The summed E-state index contributed by atoms with van der Waals surface area (Å²) in [6.07, 6.45) is 0.647. The number of phenolic OH excluding ortho intramolecular Hbond substituents is 1. The maximum atomic E-state index is 12.0. The molecule has 0 spiro atoms. The maximum Gasteiger partial charge on any atom is 0.214 e. The van der Waals surface area contributed by atoms with Crippen molar-refractivity contribution >= 4 is 26.0 Å². The van der Waals surface area contributed by atoms with Gasteiger partial charge in [0.2, 0.25) is 10.0 Å². The van der Waals surface area contributed by atoms with Crippen molar-refractivity contribution in [3.05, 3.63) is 28.2 Å². The van der Waals surface area contributed by atoms with Crippen molar-refractivity contribution in [3.8, 4) is 5.75 Å². The lowest BCUT2D eigenvalue weighted by atomic mass is 10.2. The number of phenols is 1. The van der Waals surface area contributed by atoms with Crippen molar-refractivity contribution in [2.24, 2.45) is 0 Å². The van der Waals surface area contributed by atoms with E-state index in [1.165, 1.54) is 0 Å². The molecule has 1 N–H and O–H groups in total. The zero-order chi connectivity index (χ0) is 15.5. The summed E-state index contributed by atoms with van der Waals surface area (Å²) in [5.74, 6) is 0.499. The lowest BCUT2D eigenvalue weighted by molar-refractivity contribution is 0.180. The van der Waals surface area contributed by atoms with E-state index in [4.69, 9.17) is 0 Å². The van der Waals surface area contributed by atoms with Gasteiger partial charge in [-0.05, 0) is 24.6 Å². The van der Waals surface area contributed by atoms with Crippen LogP contribution in [0.3, 0.4) is 0 Å². The van der Waals surface area contributed by atoms with Gasteiger partial charge < -0.3 is 5.11 Å². The Morgan fingerprint density at radius 3 is 2.52 bits per heavy atom. The molecule has 1 aromatic rings. The van der Waals surface area contributed by atoms with Crippen molar-refractivity contribution in [2.45, 2.75) is 19.9 Å². The first-order valence-corrected chi connectivity index (χ1v) is 9.50. The fraction of sp³-hybridized carbons (Fsp3) is 0.571. The highest BCUT2D eigenvalue weighted by molar-refractivity contribution is 9.10. The molecule has 0 amide bonds. The lowest BCUT2D eigenvalue weighted by Gasteiger charge is -2.34. The van der Waals surface area contributed by atoms with E-state index in [0.29, 0.717) is 39.1 Å². The van der Waals surface area contributed by atoms with Gasteiger partial charge in [-0.1, -0.05) is 22.9 Å². The zero-order valence-corrected chi connectivity index (χ0v) is 14.5. The third-order valence-electron chi connectivity index (χ3n) is 3.62. The monoisotopic (exact) mass is 376 g/mol. The second-order valence-electron chi connectivity index (χ2n) is 5.26. The molecule has 118 valence electrons. The molecule has 1 aliphatic rings. The highest BCUT2D eigenvalue weighted by Gasteiger charge is 2.26. The van der Waals surface area contributed by atoms with Gasteiger partial charge in [0, 0.05) is 42.8 Å². The minimum atomic E-state index is -3.09. The smallest absolute Gasteiger partial charge is 0.214 e. The molecule has 5 nitrogen and oxygen atoms in total. The molecule has 0 radical (unpaired) electrons. The molecule has 1 saturated heterocycles. The molecular formula is C14H21BrN2O3S. The van der Waals surface area contributed by atoms with E-state index in [9.17, 15) is 13.5 Å². The number of nitrogens with zero attached hydrogens (tertiary/aromatic N) is 2. The predicted molar refractivity (Wildman–Crippen MR) is 86.7 cm³/mol. The minimum absolute atomic E-state index is 0.222. The quantitative estimate of drug-likeness (QED) is 0.853. The van der Waals surface area contributed by atoms with Gasteiger partial charge in [0.25, 0.3) is 0 Å². The van der Waals surface area contributed by atoms with Gasteiger partial charge in [-0.3, -0.25) is 4.90 Å². The van der Waals surface area contributed by atoms with Crippen molar-refractivity contribution in [1.29, 1.82) is 0 Å². The Bertz CT molecular complexity index is 584. The largest absolute Gasteiger partial charge is 0.508 e. The number of piperazine rings is 1. The number of hydrogen-bond acceptors (Lipinski definition) is 4. The van der Waals surface area contributed by atoms with Crippen LogP contribution in [0.5, 0.6) is 5.75 Å². The van der Waals surface area contributed by atoms with Gasteiger partial charge in [0.1, 0.15) is 5.75 Å². The van der Waals surface area contributed by atoms with Crippen LogP contribution in [0.4, 0.5) is 0 Å². The van der Waals surface area contributed by atoms with Gasteiger partial charge in [0.05, 0.1) is 5.75 Å². The second-order valence-corrected chi connectivity index (χ2v) is 8.27. The second kappa shape index (κ2) is 7.09. The first kappa shape index (κ1) is 16.7. The molecule has 1 aliphatic heterocycles. The predicted octanol–water partition coefficient (Wildman–Crippen LogP) is 2.01. The molecule has 7 heteroatoms. The third kappa shape index (κ3) is 4.42. The van der Waals surface area contributed by atoms with Crippen molar-refractivity contribution in [3.63, 3.8) is 0 Å². The van der Waals surface area contributed by atoms with Crippen LogP contribution < -0.4 is 0 Å². The fourth-order valence-corrected chi connectivity index (χ4v) is 4.38. The highest BCUT2D eigenvalue weighted by atomic mass is 79.9. The third-order valence-corrected chi connectivity index (χ3v) is 6.19. The van der Waals surface area contributed by atoms with Crippen molar-refractivity contribution in [1.82, 2.24) is 9.21 Å². The number of rotatable bonds is 5. The zero-order valence-electron chi connectivity index (χ0n) is 12.1. The van der Waals surface area contributed by atoms with Crippen LogP contribution in [0.1, 0.15) is 18.9 Å². The minimum Gasteiger partial charge on any atom is -0.508 e. The van der Waals surface area contributed by atoms with E-state index in [2.05, 4.69) is 20.8 Å². The molecular weight excluding hydrogens is 356 g/mol. The number of aromatic hydroxyl groups is 1. The Morgan fingerprint density at radius 2 is 1.90 bits per heavy atom. The van der Waals surface area contributed by atoms with E-state index < -0.39 is 10.0 Å². The number of hydrogen-bond donors (Lipinski definition) is 1. The summed E-state index contributed by atoms with van der Waals surface area (Å²) in [6, 6.07) is 5.37. The number of benzene rings is 1. The molecule has 0 unspecified atom stereocenters. The molecule has 0 saturated carbocycles. The average molecular weight is 377 g/mol. The average Bonchev–Trinajstić information content (AvgIpc) is 2.43. The van der Waals surface area contributed by atoms with Crippen LogP contribution in [0.15, 0.2) is 22.7 Å². The van der Waals surface area contributed by atoms with Gasteiger partial charge in [-0.2, -0.15) is 4.31 Å². The van der Waals surface area contributed by atoms with Crippen LogP contribution in [0.25, 0.3) is 0 Å². The summed E-state index contributed by atoms with van der Waals surface area (Å²) in [4.78, 5) is 2.17. The topological polar surface area (TPSA) is 60.9 Å². The SMILES string of the molecule is CCCS(=O)(=O)N1CCN(Cc2cc(Br)ccc2O)CC1. The lowest BCUT2D eigenvalue weighted by Crippen LogP contribution is -2.48. The van der Waals surface area contributed by atoms with E-state index in [1.54, 1.807) is 16.4 Å². The van der Waals surface area contributed by atoms with E-state index in [0.717, 1.165) is 10.0 Å². The van der Waals surface area contributed by atoms with Crippen LogP contribution in [-0.4, -0.2) is 54.7 Å². The normalized spacial score (nSPS) is 18.0. The summed E-state index contributed by atoms with van der Waals surface area (Å²) in [7, 11) is -3.09. The molecule has 0 aliphatic carbocycles. The standard InChI is InChI=1S/C14H21BrN2O3S/c1-2-9-21(19,20)17-7-5-16(6-8-17)11-12-10-13(15)3-4-14(12)18/h3-4,10,18H,2,5-9,11H2,1H3. The molecule has 0 bridgehead atoms. The first-order chi connectivity index (χ1) is 9.92. The van der Waals surface area contributed by atoms with Crippen molar-refractivity contribution < 1.29 is 13.5 Å². The Labute approximate surface area is 134 Å². The molecule has 0 atom stereocenters. The molecule has 21 heavy (non-hydrogen) atoms. The van der Waals surface area contributed by atoms with Crippen molar-refractivity contribution in [2.75, 3.05) is 31.9 Å². The fourth-order valence-electron chi connectivity index (χ4n) is 2.47. The van der Waals surface area contributed by atoms with Crippen LogP contribution in [0.2, 0.25) is 0 Å². The van der Waals surface area contributed by atoms with Gasteiger partial charge in [0.15, 0.2) is 0 Å². The van der Waals surface area contributed by atoms with E-state index in [-0.39, 0.29) is 11.5 Å². The van der Waals surface area contributed by atoms with E-state index >= 15 is 0 Å². The number of sulfonamides is 1. The van der Waals surface area contributed by atoms with Gasteiger partial charge >= 0.3 is 0 Å². The summed E-state index contributed by atoms with van der Waals surface area (Å²) in [6.45, 7) is 4.94. The summed E-state index contributed by atoms with van der Waals surface area (Å²) >= 11 is 3.40. The van der Waals surface area contributed by atoms with Crippen LogP contribution in [-0.2, 0) is 16.6 Å². The Kier molecular flexibility index (Phi) is 5.65. The van der Waals surface area contributed by atoms with Crippen LogP contribution >= 0.6 is 15.9 Å². The molecule has 0 aromatic heterocycles. The molecule has 1 aromatic carbocycles. The molecule has 2 rings (SSSR count). The van der Waals surface area contributed by atoms with Gasteiger partial charge in [-0.25, -0.2) is 8.42 Å². The van der Waals surface area contributed by atoms with Gasteiger partial charge in [-0.15, -0.1) is 0 Å². The maximum absolute atomic E-state index is 12.0. The number of halogens is 1. The highest BCUT2D eigenvalue weighted by Crippen LogP contribution is 2.24. The Morgan fingerprint density at radius 1 is 1.24 bits per heavy atom. The summed E-state index contributed by atoms with van der Waals surface area (Å²) in [5.41, 5.74) is 0.856. The molecule has 1 fully saturated rings. The first-order valence-electron chi connectivity index (χ1n) is 7.10. The summed E-state index contributed by atoms with van der Waals surface area (Å²) < 4.78 is 26.5. The van der Waals surface area contributed by atoms with E-state index in [1.807, 2.05) is 13.0 Å². The van der Waals surface area contributed by atoms with Crippen LogP contribution in [0, 0.1) is 0 Å². The Hall–Kier alpha value is -0.630.